The SMILES string of the molecule is C[C@H]1C=C[C@@H](C(=O)NS(C)(=O)=O)C1. The monoisotopic (exact) mass is 203 g/mol. The van der Waals surface area contributed by atoms with Crippen LogP contribution >= 0.6 is 0 Å². The van der Waals surface area contributed by atoms with E-state index in [-0.39, 0.29) is 5.92 Å². The van der Waals surface area contributed by atoms with Gasteiger partial charge in [-0.2, -0.15) is 0 Å². The topological polar surface area (TPSA) is 63.2 Å². The summed E-state index contributed by atoms with van der Waals surface area (Å²) in [4.78, 5) is 11.3. The highest BCUT2D eigenvalue weighted by molar-refractivity contribution is 7.89. The van der Waals surface area contributed by atoms with E-state index in [2.05, 4.69) is 0 Å². The first-order valence-electron chi connectivity index (χ1n) is 4.08. The van der Waals surface area contributed by atoms with E-state index in [0.717, 1.165) is 6.26 Å². The van der Waals surface area contributed by atoms with E-state index in [9.17, 15) is 13.2 Å². The highest BCUT2D eigenvalue weighted by Crippen LogP contribution is 2.22. The molecule has 5 heteroatoms. The molecule has 0 unspecified atom stereocenters. The summed E-state index contributed by atoms with van der Waals surface area (Å²) in [7, 11) is -3.41. The molecule has 0 aromatic carbocycles. The van der Waals surface area contributed by atoms with Crippen molar-refractivity contribution in [2.45, 2.75) is 13.3 Å². The van der Waals surface area contributed by atoms with Crippen LogP contribution in [0.3, 0.4) is 0 Å². The van der Waals surface area contributed by atoms with Crippen LogP contribution in [-0.2, 0) is 14.8 Å². The van der Waals surface area contributed by atoms with Crippen LogP contribution in [0.5, 0.6) is 0 Å². The molecule has 4 nitrogen and oxygen atoms in total. The zero-order chi connectivity index (χ0) is 10.1. The predicted molar refractivity (Wildman–Crippen MR) is 49.4 cm³/mol. The van der Waals surface area contributed by atoms with Crippen molar-refractivity contribution < 1.29 is 13.2 Å². The zero-order valence-electron chi connectivity index (χ0n) is 7.65. The van der Waals surface area contributed by atoms with Crippen molar-refractivity contribution >= 4 is 15.9 Å². The molecule has 0 fully saturated rings. The smallest absolute Gasteiger partial charge is 0.240 e. The normalized spacial score (nSPS) is 27.5. The van der Waals surface area contributed by atoms with Crippen LogP contribution in [-0.4, -0.2) is 20.6 Å². The predicted octanol–water partition coefficient (Wildman–Crippen LogP) is 0.274. The maximum absolute atomic E-state index is 11.3. The van der Waals surface area contributed by atoms with Crippen molar-refractivity contribution in [3.63, 3.8) is 0 Å². The Hall–Kier alpha value is -0.840. The fraction of sp³-hybridized carbons (Fsp3) is 0.625. The molecule has 13 heavy (non-hydrogen) atoms. The summed E-state index contributed by atoms with van der Waals surface area (Å²) in [6, 6.07) is 0. The molecular formula is C8H13NO3S. The van der Waals surface area contributed by atoms with Crippen molar-refractivity contribution in [1.82, 2.24) is 4.72 Å². The molecule has 0 bridgehead atoms. The van der Waals surface area contributed by atoms with Crippen molar-refractivity contribution in [3.05, 3.63) is 12.2 Å². The van der Waals surface area contributed by atoms with Gasteiger partial charge in [-0.1, -0.05) is 19.1 Å². The number of sulfonamides is 1. The van der Waals surface area contributed by atoms with Gasteiger partial charge in [0.25, 0.3) is 0 Å². The van der Waals surface area contributed by atoms with Crippen LogP contribution in [0.15, 0.2) is 12.2 Å². The van der Waals surface area contributed by atoms with Crippen LogP contribution in [0.2, 0.25) is 0 Å². The molecule has 0 spiro atoms. The van der Waals surface area contributed by atoms with E-state index in [1.54, 1.807) is 6.08 Å². The Labute approximate surface area is 78.1 Å². The molecule has 1 aliphatic rings. The van der Waals surface area contributed by atoms with Crippen molar-refractivity contribution in [3.8, 4) is 0 Å². The molecule has 0 heterocycles. The largest absolute Gasteiger partial charge is 0.273 e. The van der Waals surface area contributed by atoms with Gasteiger partial charge in [0, 0.05) is 0 Å². The van der Waals surface area contributed by atoms with Crippen LogP contribution in [0.25, 0.3) is 0 Å². The van der Waals surface area contributed by atoms with Gasteiger partial charge in [-0.05, 0) is 12.3 Å². The first-order chi connectivity index (χ1) is 5.88. The summed E-state index contributed by atoms with van der Waals surface area (Å²) in [6.45, 7) is 1.99. The Morgan fingerprint density at radius 2 is 2.08 bits per heavy atom. The second-order valence-electron chi connectivity index (χ2n) is 3.44. The van der Waals surface area contributed by atoms with Gasteiger partial charge in [0.15, 0.2) is 0 Å². The second-order valence-corrected chi connectivity index (χ2v) is 5.19. The number of allylic oxidation sites excluding steroid dienone is 1. The van der Waals surface area contributed by atoms with E-state index >= 15 is 0 Å². The molecule has 74 valence electrons. The van der Waals surface area contributed by atoms with Crippen molar-refractivity contribution in [2.75, 3.05) is 6.26 Å². The molecule has 1 N–H and O–H groups in total. The lowest BCUT2D eigenvalue weighted by Crippen LogP contribution is -2.33. The first kappa shape index (κ1) is 10.2. The van der Waals surface area contributed by atoms with Crippen LogP contribution in [0.4, 0.5) is 0 Å². The van der Waals surface area contributed by atoms with E-state index in [4.69, 9.17) is 0 Å². The molecule has 0 radical (unpaired) electrons. The van der Waals surface area contributed by atoms with Crippen LogP contribution in [0, 0.1) is 11.8 Å². The lowest BCUT2D eigenvalue weighted by molar-refractivity contribution is -0.121. The van der Waals surface area contributed by atoms with Gasteiger partial charge in [0.05, 0.1) is 12.2 Å². The lowest BCUT2D eigenvalue weighted by Gasteiger charge is -2.08. The number of hydrogen-bond acceptors (Lipinski definition) is 3. The third-order valence-electron chi connectivity index (χ3n) is 1.92. The summed E-state index contributed by atoms with van der Waals surface area (Å²) in [6.07, 6.45) is 5.35. The highest BCUT2D eigenvalue weighted by Gasteiger charge is 2.23. The van der Waals surface area contributed by atoms with Crippen molar-refractivity contribution in [1.29, 1.82) is 0 Å². The standard InChI is InChI=1S/C8H13NO3S/c1-6-3-4-7(5-6)8(10)9-13(2,11)12/h3-4,6-7H,5H2,1-2H3,(H,9,10)/t6-,7+/m0/s1. The van der Waals surface area contributed by atoms with E-state index in [1.807, 2.05) is 17.7 Å². The minimum absolute atomic E-state index is 0.287. The molecule has 0 aliphatic heterocycles. The Balaban J connectivity index is 2.56. The molecule has 0 aromatic heterocycles. The molecule has 2 atom stereocenters. The Morgan fingerprint density at radius 3 is 2.46 bits per heavy atom. The zero-order valence-corrected chi connectivity index (χ0v) is 8.47. The molecule has 1 rings (SSSR count). The van der Waals surface area contributed by atoms with Gasteiger partial charge in [-0.25, -0.2) is 8.42 Å². The van der Waals surface area contributed by atoms with Gasteiger partial charge >= 0.3 is 0 Å². The number of amides is 1. The molecule has 1 aliphatic carbocycles. The van der Waals surface area contributed by atoms with Gasteiger partial charge in [-0.15, -0.1) is 0 Å². The number of carbonyl (C=O) groups excluding carboxylic acids is 1. The first-order valence-corrected chi connectivity index (χ1v) is 5.97. The minimum Gasteiger partial charge on any atom is -0.273 e. The van der Waals surface area contributed by atoms with Gasteiger partial charge < -0.3 is 0 Å². The average Bonchev–Trinajstić information content (AvgIpc) is 2.31. The summed E-state index contributed by atoms with van der Waals surface area (Å²) >= 11 is 0. The second kappa shape index (κ2) is 3.49. The maximum atomic E-state index is 11.3. The fourth-order valence-electron chi connectivity index (χ4n) is 1.33. The average molecular weight is 203 g/mol. The lowest BCUT2D eigenvalue weighted by atomic mass is 10.1. The maximum Gasteiger partial charge on any atom is 0.240 e. The van der Waals surface area contributed by atoms with Crippen LogP contribution in [0.1, 0.15) is 13.3 Å². The van der Waals surface area contributed by atoms with E-state index < -0.39 is 15.9 Å². The molecule has 1 amide bonds. The fourth-order valence-corrected chi connectivity index (χ4v) is 1.85. The van der Waals surface area contributed by atoms with Gasteiger partial charge in [0.2, 0.25) is 15.9 Å². The van der Waals surface area contributed by atoms with Crippen LogP contribution < -0.4 is 4.72 Å². The number of rotatable bonds is 2. The van der Waals surface area contributed by atoms with Crippen molar-refractivity contribution in [2.24, 2.45) is 11.8 Å². The summed E-state index contributed by atoms with van der Waals surface area (Å²) in [5.41, 5.74) is 0. The molecule has 0 saturated heterocycles. The summed E-state index contributed by atoms with van der Waals surface area (Å²) in [5.74, 6) is -0.358. The Kier molecular flexibility index (Phi) is 2.75. The van der Waals surface area contributed by atoms with Gasteiger partial charge in [-0.3, -0.25) is 9.52 Å². The molecule has 0 saturated carbocycles. The Bertz CT molecular complexity index is 331. The third-order valence-corrected chi connectivity index (χ3v) is 2.49. The quantitative estimate of drug-likeness (QED) is 0.655. The minimum atomic E-state index is -3.41. The summed E-state index contributed by atoms with van der Waals surface area (Å²) < 4.78 is 23.4. The van der Waals surface area contributed by atoms with Gasteiger partial charge in [0.1, 0.15) is 0 Å². The molecular weight excluding hydrogens is 190 g/mol. The highest BCUT2D eigenvalue weighted by atomic mass is 32.2. The molecule has 0 aromatic rings. The van der Waals surface area contributed by atoms with E-state index in [0.29, 0.717) is 12.3 Å². The Morgan fingerprint density at radius 1 is 1.46 bits per heavy atom. The summed E-state index contributed by atoms with van der Waals surface area (Å²) in [5, 5.41) is 0. The third kappa shape index (κ3) is 3.18. The van der Waals surface area contributed by atoms with E-state index in [1.165, 1.54) is 0 Å². The number of hydrogen-bond donors (Lipinski definition) is 1. The number of nitrogens with one attached hydrogen (secondary N) is 1. The number of carbonyl (C=O) groups is 1.